The van der Waals surface area contributed by atoms with E-state index in [0.29, 0.717) is 12.2 Å². The number of unbranched alkanes of at least 4 members (excludes halogenated alkanes) is 2. The molecule has 0 bridgehead atoms. The van der Waals surface area contributed by atoms with Crippen LogP contribution in [-0.2, 0) is 20.0 Å². The van der Waals surface area contributed by atoms with E-state index in [1.165, 1.54) is 0 Å². The molecule has 0 saturated heterocycles. The van der Waals surface area contributed by atoms with E-state index in [1.54, 1.807) is 13.8 Å². The minimum Gasteiger partial charge on any atom is -0.368 e. The third-order valence-electron chi connectivity index (χ3n) is 2.48. The van der Waals surface area contributed by atoms with Gasteiger partial charge < -0.3 is 5.73 Å². The third-order valence-corrected chi connectivity index (χ3v) is 4.41. The van der Waals surface area contributed by atoms with Crippen LogP contribution < -0.4 is 5.73 Å². The van der Waals surface area contributed by atoms with Crippen LogP contribution in [0.25, 0.3) is 0 Å². The fourth-order valence-electron chi connectivity index (χ4n) is 1.65. The topological polar surface area (TPSA) is 92.3 Å². The first-order chi connectivity index (χ1) is 9.07. The second-order valence-electron chi connectivity index (χ2n) is 4.04. The van der Waals surface area contributed by atoms with Gasteiger partial charge in [-0.2, -0.15) is 4.98 Å². The van der Waals surface area contributed by atoms with Gasteiger partial charge in [-0.1, -0.05) is 19.8 Å². The first-order valence-electron chi connectivity index (χ1n) is 6.68. The maximum absolute atomic E-state index is 12.5. The molecule has 0 amide bonds. The van der Waals surface area contributed by atoms with Gasteiger partial charge in [-0.15, -0.1) is 9.55 Å². The van der Waals surface area contributed by atoms with Crippen molar-refractivity contribution < 1.29 is 13.6 Å². The Hall–Kier alpha value is -0.910. The van der Waals surface area contributed by atoms with Crippen molar-refractivity contribution in [1.29, 1.82) is 0 Å². The van der Waals surface area contributed by atoms with Crippen molar-refractivity contribution in [2.75, 3.05) is 18.9 Å². The fourth-order valence-corrected chi connectivity index (χ4v) is 3.11. The predicted molar refractivity (Wildman–Crippen MR) is 73.9 cm³/mol. The highest BCUT2D eigenvalue weighted by atomic mass is 31.2. The van der Waals surface area contributed by atoms with E-state index < -0.39 is 7.75 Å². The molecule has 0 radical (unpaired) electrons. The summed E-state index contributed by atoms with van der Waals surface area (Å²) in [5.41, 5.74) is 5.75. The minimum absolute atomic E-state index is 0.0664. The molecule has 1 heterocycles. The molecule has 1 aromatic heterocycles. The summed E-state index contributed by atoms with van der Waals surface area (Å²) in [7, 11) is -3.51. The van der Waals surface area contributed by atoms with Crippen molar-refractivity contribution in [3.63, 3.8) is 0 Å². The summed E-state index contributed by atoms with van der Waals surface area (Å²) in [6.07, 6.45) is 3.91. The molecule has 0 aliphatic carbocycles. The van der Waals surface area contributed by atoms with Gasteiger partial charge in [0.2, 0.25) is 5.95 Å². The van der Waals surface area contributed by atoms with Crippen LogP contribution in [0.1, 0.15) is 45.9 Å². The molecule has 8 heteroatoms. The lowest BCUT2D eigenvalue weighted by Gasteiger charge is -2.16. The molecule has 1 rings (SSSR count). The van der Waals surface area contributed by atoms with Gasteiger partial charge in [0.25, 0.3) is 0 Å². The molecular formula is C11H23N4O3P. The molecule has 0 saturated carbocycles. The van der Waals surface area contributed by atoms with Crippen LogP contribution in [0.2, 0.25) is 0 Å². The van der Waals surface area contributed by atoms with Gasteiger partial charge in [0.1, 0.15) is 0 Å². The van der Waals surface area contributed by atoms with Crippen LogP contribution in [0.4, 0.5) is 5.95 Å². The average Bonchev–Trinajstić information content (AvgIpc) is 2.72. The Bertz CT molecular complexity index is 426. The smallest absolute Gasteiger partial charge is 0.368 e. The Morgan fingerprint density at radius 2 is 1.84 bits per heavy atom. The average molecular weight is 290 g/mol. The molecule has 7 nitrogen and oxygen atoms in total. The molecule has 0 aliphatic heterocycles. The SMILES string of the molecule is CCCCCc1nc(N)n(P(=O)(OCC)OCC)n1. The van der Waals surface area contributed by atoms with Crippen LogP contribution in [0.3, 0.4) is 0 Å². The highest BCUT2D eigenvalue weighted by Crippen LogP contribution is 2.50. The number of rotatable bonds is 9. The second kappa shape index (κ2) is 7.62. The van der Waals surface area contributed by atoms with Gasteiger partial charge in [-0.25, -0.2) is 4.57 Å². The number of hydrogen-bond donors (Lipinski definition) is 1. The van der Waals surface area contributed by atoms with Crippen molar-refractivity contribution in [3.05, 3.63) is 5.82 Å². The van der Waals surface area contributed by atoms with Gasteiger partial charge in [-0.05, 0) is 20.3 Å². The lowest BCUT2D eigenvalue weighted by atomic mass is 10.2. The summed E-state index contributed by atoms with van der Waals surface area (Å²) in [6.45, 7) is 6.10. The van der Waals surface area contributed by atoms with E-state index in [-0.39, 0.29) is 19.2 Å². The summed E-state index contributed by atoms with van der Waals surface area (Å²) >= 11 is 0. The predicted octanol–water partition coefficient (Wildman–Crippen LogP) is 2.62. The summed E-state index contributed by atoms with van der Waals surface area (Å²) in [6, 6.07) is 0. The third kappa shape index (κ3) is 4.30. The van der Waals surface area contributed by atoms with Gasteiger partial charge in [0.05, 0.1) is 13.2 Å². The van der Waals surface area contributed by atoms with Crippen LogP contribution in [0.5, 0.6) is 0 Å². The summed E-state index contributed by atoms with van der Waals surface area (Å²) < 4.78 is 24.0. The molecule has 1 aromatic rings. The highest BCUT2D eigenvalue weighted by Gasteiger charge is 2.31. The first kappa shape index (κ1) is 16.1. The van der Waals surface area contributed by atoms with E-state index in [2.05, 4.69) is 17.0 Å². The molecule has 0 fully saturated rings. The van der Waals surface area contributed by atoms with Crippen LogP contribution >= 0.6 is 7.75 Å². The largest absolute Gasteiger partial charge is 0.458 e. The van der Waals surface area contributed by atoms with Crippen molar-refractivity contribution in [1.82, 2.24) is 14.5 Å². The second-order valence-corrected chi connectivity index (χ2v) is 5.87. The maximum Gasteiger partial charge on any atom is 0.458 e. The Morgan fingerprint density at radius 3 is 2.37 bits per heavy atom. The Kier molecular flexibility index (Phi) is 6.48. The number of nitrogens with two attached hydrogens (primary N) is 1. The van der Waals surface area contributed by atoms with Crippen LogP contribution in [0.15, 0.2) is 0 Å². The van der Waals surface area contributed by atoms with E-state index in [9.17, 15) is 4.57 Å². The molecule has 0 spiro atoms. The van der Waals surface area contributed by atoms with Crippen molar-refractivity contribution >= 4 is 13.7 Å². The minimum atomic E-state index is -3.51. The van der Waals surface area contributed by atoms with Crippen molar-refractivity contribution in [3.8, 4) is 0 Å². The molecule has 0 aromatic carbocycles. The van der Waals surface area contributed by atoms with Crippen LogP contribution in [-0.4, -0.2) is 27.7 Å². The molecule has 110 valence electrons. The number of nitrogens with zero attached hydrogens (tertiary/aromatic N) is 3. The molecule has 0 unspecified atom stereocenters. The number of aromatic nitrogens is 3. The molecule has 0 atom stereocenters. The van der Waals surface area contributed by atoms with E-state index in [0.717, 1.165) is 23.7 Å². The number of anilines is 1. The van der Waals surface area contributed by atoms with Crippen molar-refractivity contribution in [2.24, 2.45) is 0 Å². The van der Waals surface area contributed by atoms with Gasteiger partial charge in [0.15, 0.2) is 5.82 Å². The fraction of sp³-hybridized carbons (Fsp3) is 0.818. The van der Waals surface area contributed by atoms with Gasteiger partial charge in [0, 0.05) is 6.42 Å². The van der Waals surface area contributed by atoms with Gasteiger partial charge in [-0.3, -0.25) is 9.05 Å². The maximum atomic E-state index is 12.5. The normalized spacial score (nSPS) is 11.9. The number of aryl methyl sites for hydroxylation is 1. The zero-order valence-electron chi connectivity index (χ0n) is 11.8. The van der Waals surface area contributed by atoms with Crippen LogP contribution in [0, 0.1) is 0 Å². The zero-order valence-corrected chi connectivity index (χ0v) is 12.7. The number of hydrogen-bond acceptors (Lipinski definition) is 6. The molecular weight excluding hydrogens is 267 g/mol. The molecule has 0 aliphatic rings. The molecule has 2 N–H and O–H groups in total. The highest BCUT2D eigenvalue weighted by molar-refractivity contribution is 7.52. The Morgan fingerprint density at radius 1 is 1.21 bits per heavy atom. The summed E-state index contributed by atoms with van der Waals surface area (Å²) in [5, 5.41) is 4.16. The van der Waals surface area contributed by atoms with Crippen molar-refractivity contribution in [2.45, 2.75) is 46.5 Å². The standard InChI is InChI=1S/C11H23N4O3P/c1-4-7-8-9-10-13-11(12)15(14-10)19(16,17-5-2)18-6-3/h4-9H2,1-3H3,(H2,12,13,14). The zero-order chi connectivity index (χ0) is 14.3. The van der Waals surface area contributed by atoms with E-state index in [1.807, 2.05) is 0 Å². The lowest BCUT2D eigenvalue weighted by molar-refractivity contribution is 0.209. The van der Waals surface area contributed by atoms with E-state index in [4.69, 9.17) is 14.8 Å². The molecule has 19 heavy (non-hydrogen) atoms. The number of nitrogen functional groups attached to an aromatic ring is 1. The summed E-state index contributed by atoms with van der Waals surface area (Å²) in [5.74, 6) is 0.641. The monoisotopic (exact) mass is 290 g/mol. The first-order valence-corrected chi connectivity index (χ1v) is 8.18. The van der Waals surface area contributed by atoms with Gasteiger partial charge >= 0.3 is 7.75 Å². The lowest BCUT2D eigenvalue weighted by Crippen LogP contribution is -2.09. The quantitative estimate of drug-likeness (QED) is 0.555. The Balaban J connectivity index is 2.88. The summed E-state index contributed by atoms with van der Waals surface area (Å²) in [4.78, 5) is 4.11. The Labute approximate surface area is 114 Å². The van der Waals surface area contributed by atoms with E-state index >= 15 is 0 Å².